The van der Waals surface area contributed by atoms with E-state index >= 15 is 0 Å². The van der Waals surface area contributed by atoms with E-state index in [4.69, 9.17) is 5.73 Å². The number of amides is 5. The molecule has 0 saturated carbocycles. The zero-order valence-corrected chi connectivity index (χ0v) is 48.7. The van der Waals surface area contributed by atoms with Crippen molar-refractivity contribution in [2.75, 3.05) is 17.7 Å². The first-order valence-corrected chi connectivity index (χ1v) is 27.7. The Morgan fingerprint density at radius 2 is 0.693 bits per heavy atom. The zero-order chi connectivity index (χ0) is 63.1. The molecular weight excluding hydrogens is 1110 g/mol. The summed E-state index contributed by atoms with van der Waals surface area (Å²) in [6, 6.07) is 66.9. The lowest BCUT2D eigenvalue weighted by Gasteiger charge is -2.21. The van der Waals surface area contributed by atoms with Crippen LogP contribution in [-0.4, -0.2) is 72.6 Å². The number of phenolic OH excluding ortho intramolecular Hbond substituents is 4. The fraction of sp³-hybridized carbons (Fsp3) is 0.0833. The Bertz CT molecular complexity index is 4550. The average Bonchev–Trinajstić information content (AvgIpc) is 2.86. The van der Waals surface area contributed by atoms with Crippen LogP contribution in [-0.2, 0) is 0 Å². The maximum atomic E-state index is 12.3. The first-order chi connectivity index (χ1) is 42.1. The Labute approximate surface area is 507 Å². The molecule has 1 heterocycles. The Hall–Kier alpha value is -11.8. The highest BCUT2D eigenvalue weighted by Crippen LogP contribution is 2.30. The Balaban J connectivity index is 0.000000144. The van der Waals surface area contributed by atoms with E-state index in [0.29, 0.717) is 22.6 Å². The largest absolute Gasteiger partial charge is 0.507 e. The highest BCUT2D eigenvalue weighted by atomic mass is 16.3. The second-order valence-electron chi connectivity index (χ2n) is 21.2. The average molecular weight is 1170 g/mol. The highest BCUT2D eigenvalue weighted by Gasteiger charge is 2.19. The molecule has 0 atom stereocenters. The maximum absolute atomic E-state index is 12.3. The van der Waals surface area contributed by atoms with Crippen LogP contribution in [0.15, 0.2) is 231 Å². The molecule has 88 heavy (non-hydrogen) atoms. The molecule has 0 radical (unpaired) electrons. The van der Waals surface area contributed by atoms with Crippen molar-refractivity contribution in [2.45, 2.75) is 33.2 Å². The van der Waals surface area contributed by atoms with Gasteiger partial charge in [-0.25, -0.2) is 4.98 Å². The third-order valence-electron chi connectivity index (χ3n) is 13.5. The van der Waals surface area contributed by atoms with Crippen molar-refractivity contribution in [3.8, 4) is 28.7 Å². The van der Waals surface area contributed by atoms with Gasteiger partial charge in [0.25, 0.3) is 29.5 Å². The fourth-order valence-electron chi connectivity index (χ4n) is 9.15. The number of benzene rings is 11. The first-order valence-electron chi connectivity index (χ1n) is 27.7. The first kappa shape index (κ1) is 62.3. The molecule has 16 heteroatoms. The van der Waals surface area contributed by atoms with Crippen molar-refractivity contribution in [3.05, 3.63) is 264 Å². The number of aryl methyl sites for hydroxylation is 1. The predicted molar refractivity (Wildman–Crippen MR) is 349 cm³/mol. The van der Waals surface area contributed by atoms with Crippen molar-refractivity contribution >= 4 is 94.9 Å². The standard InChI is InChI=1S/C18H15NO2.C16H12N2O2.C15H17NO2.C12H11NO2.C11H9NO2/c1-12-5-4-8-15(9-12)19-18(21)16-10-13-6-2-3-7-14(13)11-17(16)20;19-14-10-12-6-2-1-5-11(12)9-13(14)16(20)18-15-7-3-4-8-17-15;1-15(2,3)16-14(18)12-8-10-6-4-5-7-11(10)9-13(12)17;1-13-12(15)10-6-8-4-2-3-5-9(8)7-11(10)14;12-11(14)9-5-7-3-1-2-4-8(7)6-10(9)13/h2-11,20H,1H3,(H,19,21);1-10,19H,(H,17,18,20);4-9,17H,1-3H3,(H,16,18);2-7,14H,1H3,(H,13,15);1-6,13H,(H2,12,14). The normalized spacial score (nSPS) is 10.6. The number of anilines is 2. The molecule has 0 unspecified atom stereocenters. The number of nitrogens with two attached hydrogens (primary N) is 1. The van der Waals surface area contributed by atoms with Crippen LogP contribution >= 0.6 is 0 Å². The van der Waals surface area contributed by atoms with Crippen LogP contribution in [0.2, 0.25) is 0 Å². The number of fused-ring (bicyclic) bond motifs is 5. The molecule has 0 fully saturated rings. The molecule has 0 spiro atoms. The van der Waals surface area contributed by atoms with E-state index in [2.05, 4.69) is 26.3 Å². The third kappa shape index (κ3) is 16.3. The summed E-state index contributed by atoms with van der Waals surface area (Å²) in [6.45, 7) is 7.68. The van der Waals surface area contributed by atoms with Gasteiger partial charge < -0.3 is 52.5 Å². The van der Waals surface area contributed by atoms with E-state index in [-0.39, 0.29) is 74.6 Å². The van der Waals surface area contributed by atoms with E-state index in [9.17, 15) is 49.5 Å². The van der Waals surface area contributed by atoms with Crippen LogP contribution in [0.1, 0.15) is 78.1 Å². The van der Waals surface area contributed by atoms with Gasteiger partial charge in [-0.1, -0.05) is 140 Å². The lowest BCUT2D eigenvalue weighted by Crippen LogP contribution is -2.40. The topological polar surface area (TPSA) is 274 Å². The van der Waals surface area contributed by atoms with Crippen LogP contribution in [0, 0.1) is 6.92 Å². The summed E-state index contributed by atoms with van der Waals surface area (Å²) in [5.41, 5.74) is 7.83. The van der Waals surface area contributed by atoms with E-state index < -0.39 is 5.91 Å². The van der Waals surface area contributed by atoms with E-state index in [0.717, 1.165) is 59.4 Å². The molecule has 0 aliphatic rings. The summed E-state index contributed by atoms with van der Waals surface area (Å²) < 4.78 is 0. The van der Waals surface area contributed by atoms with Gasteiger partial charge in [0.15, 0.2) is 0 Å². The number of pyridine rings is 1. The molecule has 11 aromatic carbocycles. The van der Waals surface area contributed by atoms with Gasteiger partial charge in [0.2, 0.25) is 0 Å². The molecule has 0 bridgehead atoms. The van der Waals surface area contributed by atoms with Crippen LogP contribution in [0.5, 0.6) is 28.7 Å². The van der Waals surface area contributed by atoms with Gasteiger partial charge in [-0.05, 0) is 172 Å². The van der Waals surface area contributed by atoms with Crippen LogP contribution < -0.4 is 27.0 Å². The van der Waals surface area contributed by atoms with Crippen molar-refractivity contribution in [3.63, 3.8) is 0 Å². The van der Waals surface area contributed by atoms with Gasteiger partial charge in [0, 0.05) is 24.5 Å². The van der Waals surface area contributed by atoms with Crippen molar-refractivity contribution in [1.29, 1.82) is 0 Å². The van der Waals surface area contributed by atoms with Crippen molar-refractivity contribution in [2.24, 2.45) is 5.73 Å². The number of nitrogens with one attached hydrogen (secondary N) is 4. The summed E-state index contributed by atoms with van der Waals surface area (Å²) >= 11 is 0. The number of hydrogen-bond acceptors (Lipinski definition) is 11. The van der Waals surface area contributed by atoms with Gasteiger partial charge in [-0.15, -0.1) is 0 Å². The SMILES string of the molecule is CC(C)(C)NC(=O)c1cc2ccccc2cc1O.CNC(=O)c1cc2ccccc2cc1O.Cc1cccc(NC(=O)c2cc3ccccc3cc2O)c1.NC(=O)c1cc2ccccc2cc1O.O=C(Nc1ccccn1)c1cc2ccccc2cc1O. The lowest BCUT2D eigenvalue weighted by molar-refractivity contribution is 0.0913. The minimum absolute atomic E-state index is 0.00745. The van der Waals surface area contributed by atoms with Crippen LogP contribution in [0.25, 0.3) is 53.9 Å². The Morgan fingerprint density at radius 3 is 1.02 bits per heavy atom. The van der Waals surface area contributed by atoms with E-state index in [1.165, 1.54) is 13.1 Å². The highest BCUT2D eigenvalue weighted by molar-refractivity contribution is 6.10. The summed E-state index contributed by atoms with van der Waals surface area (Å²) in [7, 11) is 1.54. The monoisotopic (exact) mass is 1170 g/mol. The molecule has 0 aliphatic carbocycles. The number of aromatic nitrogens is 1. The summed E-state index contributed by atoms with van der Waals surface area (Å²) in [6.07, 6.45) is 1.59. The second-order valence-corrected chi connectivity index (χ2v) is 21.2. The number of carbonyl (C=O) groups excluding carboxylic acids is 5. The number of phenols is 5. The van der Waals surface area contributed by atoms with Crippen LogP contribution in [0.4, 0.5) is 11.5 Å². The smallest absolute Gasteiger partial charge is 0.260 e. The van der Waals surface area contributed by atoms with Gasteiger partial charge in [-0.2, -0.15) is 0 Å². The van der Waals surface area contributed by atoms with E-state index in [1.807, 2.05) is 173 Å². The number of aromatic hydroxyl groups is 5. The minimum atomic E-state index is -0.617. The summed E-state index contributed by atoms with van der Waals surface area (Å²) in [4.78, 5) is 62.9. The molecule has 442 valence electrons. The lowest BCUT2D eigenvalue weighted by atomic mass is 10.0. The maximum Gasteiger partial charge on any atom is 0.260 e. The molecule has 16 nitrogen and oxygen atoms in total. The number of hydrogen-bond donors (Lipinski definition) is 10. The summed E-state index contributed by atoms with van der Waals surface area (Å²) in [5, 5.41) is 69.0. The zero-order valence-electron chi connectivity index (χ0n) is 48.7. The number of rotatable bonds is 7. The van der Waals surface area contributed by atoms with Gasteiger partial charge >= 0.3 is 0 Å². The van der Waals surface area contributed by atoms with Gasteiger partial charge in [0.05, 0.1) is 27.8 Å². The molecule has 11 N–H and O–H groups in total. The number of nitrogens with zero attached hydrogens (tertiary/aromatic N) is 1. The minimum Gasteiger partial charge on any atom is -0.507 e. The summed E-state index contributed by atoms with van der Waals surface area (Å²) in [5.74, 6) is -1.52. The van der Waals surface area contributed by atoms with Gasteiger partial charge in [-0.3, -0.25) is 24.0 Å². The molecule has 12 rings (SSSR count). The van der Waals surface area contributed by atoms with Gasteiger partial charge in [0.1, 0.15) is 34.6 Å². The molecule has 5 amide bonds. The molecule has 0 aliphatic heterocycles. The number of carbonyl (C=O) groups is 5. The molecule has 0 saturated heterocycles. The molecular formula is C72H64N6O10. The Morgan fingerprint density at radius 1 is 0.375 bits per heavy atom. The van der Waals surface area contributed by atoms with Crippen molar-refractivity contribution in [1.82, 2.24) is 15.6 Å². The van der Waals surface area contributed by atoms with Crippen LogP contribution in [0.3, 0.4) is 0 Å². The molecule has 12 aromatic rings. The predicted octanol–water partition coefficient (Wildman–Crippen LogP) is 13.9. The van der Waals surface area contributed by atoms with Crippen molar-refractivity contribution < 1.29 is 49.5 Å². The fourth-order valence-corrected chi connectivity index (χ4v) is 9.15. The second kappa shape index (κ2) is 28.2. The third-order valence-corrected chi connectivity index (χ3v) is 13.5. The quantitative estimate of drug-likeness (QED) is 0.0716. The Kier molecular flexibility index (Phi) is 20.0. The van der Waals surface area contributed by atoms with E-state index in [1.54, 1.807) is 79.0 Å². The molecule has 1 aromatic heterocycles. The number of primary amides is 1.